The smallest absolute Gasteiger partial charge is 0.225 e. The third-order valence-electron chi connectivity index (χ3n) is 4.47. The highest BCUT2D eigenvalue weighted by Crippen LogP contribution is 2.23. The molecule has 0 aliphatic heterocycles. The third-order valence-corrected chi connectivity index (χ3v) is 4.47. The lowest BCUT2D eigenvalue weighted by molar-refractivity contribution is 0.854. The number of nitrogen functional groups attached to an aromatic ring is 1. The van der Waals surface area contributed by atoms with Crippen LogP contribution in [0.5, 0.6) is 0 Å². The standard InChI is InChI=1S/C20H20N6/c1-13-10-18-17(11-16(13)21)23-12-26(18)19-8-9-22-20(25-19)24-14(2)15-6-4-3-5-7-15/h3-12,14H,21H2,1-2H3,(H,22,24,25). The number of rotatable bonds is 4. The SMILES string of the molecule is Cc1cc2c(cc1N)ncn2-c1ccnc(NC(C)c2ccccc2)n1. The van der Waals surface area contributed by atoms with E-state index in [9.17, 15) is 0 Å². The van der Waals surface area contributed by atoms with Gasteiger partial charge < -0.3 is 11.1 Å². The van der Waals surface area contributed by atoms with Gasteiger partial charge in [0.05, 0.1) is 17.1 Å². The number of nitrogens with zero attached hydrogens (tertiary/aromatic N) is 4. The van der Waals surface area contributed by atoms with Crippen LogP contribution in [0.2, 0.25) is 0 Å². The quantitative estimate of drug-likeness (QED) is 0.549. The Kier molecular flexibility index (Phi) is 4.01. The fourth-order valence-electron chi connectivity index (χ4n) is 2.93. The summed E-state index contributed by atoms with van der Waals surface area (Å²) in [7, 11) is 0. The van der Waals surface area contributed by atoms with E-state index in [1.165, 1.54) is 5.56 Å². The van der Waals surface area contributed by atoms with Crippen molar-refractivity contribution >= 4 is 22.7 Å². The molecule has 6 nitrogen and oxygen atoms in total. The molecule has 0 saturated heterocycles. The van der Waals surface area contributed by atoms with Crippen molar-refractivity contribution in [2.75, 3.05) is 11.1 Å². The van der Waals surface area contributed by atoms with Crippen LogP contribution in [0.4, 0.5) is 11.6 Å². The molecule has 0 bridgehead atoms. The van der Waals surface area contributed by atoms with Crippen molar-refractivity contribution < 1.29 is 0 Å². The zero-order valence-corrected chi connectivity index (χ0v) is 14.7. The van der Waals surface area contributed by atoms with E-state index < -0.39 is 0 Å². The number of hydrogen-bond acceptors (Lipinski definition) is 5. The third kappa shape index (κ3) is 2.97. The summed E-state index contributed by atoms with van der Waals surface area (Å²) in [5.41, 5.74) is 10.7. The number of benzene rings is 2. The summed E-state index contributed by atoms with van der Waals surface area (Å²) >= 11 is 0. The van der Waals surface area contributed by atoms with Gasteiger partial charge in [-0.1, -0.05) is 30.3 Å². The molecule has 3 N–H and O–H groups in total. The summed E-state index contributed by atoms with van der Waals surface area (Å²) in [5.74, 6) is 1.34. The van der Waals surface area contributed by atoms with Crippen LogP contribution < -0.4 is 11.1 Å². The zero-order chi connectivity index (χ0) is 18.1. The maximum Gasteiger partial charge on any atom is 0.225 e. The Balaban J connectivity index is 1.67. The summed E-state index contributed by atoms with van der Waals surface area (Å²) < 4.78 is 1.95. The number of aromatic nitrogens is 4. The predicted octanol–water partition coefficient (Wildman–Crippen LogP) is 3.88. The van der Waals surface area contributed by atoms with Crippen molar-refractivity contribution in [1.29, 1.82) is 0 Å². The molecule has 0 spiro atoms. The molecule has 2 heterocycles. The van der Waals surface area contributed by atoms with Crippen LogP contribution in [0.1, 0.15) is 24.1 Å². The highest BCUT2D eigenvalue weighted by atomic mass is 15.2. The first kappa shape index (κ1) is 16.1. The van der Waals surface area contributed by atoms with Crippen molar-refractivity contribution in [3.63, 3.8) is 0 Å². The van der Waals surface area contributed by atoms with E-state index in [0.29, 0.717) is 5.95 Å². The van der Waals surface area contributed by atoms with Gasteiger partial charge >= 0.3 is 0 Å². The minimum atomic E-state index is 0.105. The largest absolute Gasteiger partial charge is 0.398 e. The van der Waals surface area contributed by atoms with E-state index in [-0.39, 0.29) is 6.04 Å². The van der Waals surface area contributed by atoms with Gasteiger partial charge in [0, 0.05) is 11.9 Å². The average molecular weight is 344 g/mol. The van der Waals surface area contributed by atoms with Gasteiger partial charge in [0.2, 0.25) is 5.95 Å². The molecule has 2 aromatic carbocycles. The van der Waals surface area contributed by atoms with Gasteiger partial charge in [-0.15, -0.1) is 0 Å². The number of fused-ring (bicyclic) bond motifs is 1. The molecule has 0 radical (unpaired) electrons. The first-order valence-corrected chi connectivity index (χ1v) is 8.50. The molecule has 0 aliphatic carbocycles. The molecule has 1 unspecified atom stereocenters. The molecule has 130 valence electrons. The number of hydrogen-bond donors (Lipinski definition) is 2. The monoisotopic (exact) mass is 344 g/mol. The van der Waals surface area contributed by atoms with Crippen LogP contribution in [0.25, 0.3) is 16.9 Å². The minimum Gasteiger partial charge on any atom is -0.398 e. The highest BCUT2D eigenvalue weighted by Gasteiger charge is 2.11. The van der Waals surface area contributed by atoms with Crippen LogP contribution >= 0.6 is 0 Å². The highest BCUT2D eigenvalue weighted by molar-refractivity contribution is 5.82. The molecule has 0 saturated carbocycles. The summed E-state index contributed by atoms with van der Waals surface area (Å²) in [6.45, 7) is 4.07. The molecule has 0 fully saturated rings. The van der Waals surface area contributed by atoms with Crippen LogP contribution in [-0.4, -0.2) is 19.5 Å². The maximum absolute atomic E-state index is 5.98. The first-order valence-electron chi connectivity index (χ1n) is 8.50. The summed E-state index contributed by atoms with van der Waals surface area (Å²) in [4.78, 5) is 13.4. The Bertz CT molecular complexity index is 1050. The van der Waals surface area contributed by atoms with E-state index in [4.69, 9.17) is 5.73 Å². The maximum atomic E-state index is 5.98. The van der Waals surface area contributed by atoms with Crippen molar-refractivity contribution in [3.05, 3.63) is 72.2 Å². The Morgan fingerprint density at radius 2 is 1.88 bits per heavy atom. The van der Waals surface area contributed by atoms with Gasteiger partial charge in [-0.2, -0.15) is 4.98 Å². The average Bonchev–Trinajstić information content (AvgIpc) is 3.05. The summed E-state index contributed by atoms with van der Waals surface area (Å²) in [6.07, 6.45) is 3.51. The zero-order valence-electron chi connectivity index (χ0n) is 14.7. The Morgan fingerprint density at radius 1 is 1.08 bits per heavy atom. The number of nitrogens with two attached hydrogens (primary N) is 1. The molecule has 6 heteroatoms. The second kappa shape index (κ2) is 6.48. The lowest BCUT2D eigenvalue weighted by atomic mass is 10.1. The minimum absolute atomic E-state index is 0.105. The second-order valence-electron chi connectivity index (χ2n) is 6.33. The summed E-state index contributed by atoms with van der Waals surface area (Å²) in [6, 6.07) is 16.1. The molecule has 4 rings (SSSR count). The predicted molar refractivity (Wildman–Crippen MR) is 104 cm³/mol. The van der Waals surface area contributed by atoms with E-state index in [0.717, 1.165) is 28.1 Å². The topological polar surface area (TPSA) is 81.6 Å². The normalized spacial score (nSPS) is 12.2. The van der Waals surface area contributed by atoms with Crippen LogP contribution in [-0.2, 0) is 0 Å². The van der Waals surface area contributed by atoms with E-state index in [1.54, 1.807) is 12.5 Å². The van der Waals surface area contributed by atoms with Gasteiger partial charge in [0.1, 0.15) is 12.1 Å². The lowest BCUT2D eigenvalue weighted by Crippen LogP contribution is -2.10. The van der Waals surface area contributed by atoms with Crippen LogP contribution in [0.15, 0.2) is 61.1 Å². The second-order valence-corrected chi connectivity index (χ2v) is 6.33. The van der Waals surface area contributed by atoms with Gasteiger partial charge in [0.15, 0.2) is 0 Å². The number of imidazole rings is 1. The van der Waals surface area contributed by atoms with Crippen LogP contribution in [0.3, 0.4) is 0 Å². The fourth-order valence-corrected chi connectivity index (χ4v) is 2.93. The van der Waals surface area contributed by atoms with Crippen molar-refractivity contribution in [2.45, 2.75) is 19.9 Å². The van der Waals surface area contributed by atoms with Gasteiger partial charge in [-0.05, 0) is 43.2 Å². The molecular formula is C20H20N6. The van der Waals surface area contributed by atoms with E-state index in [2.05, 4.69) is 39.3 Å². The Hall–Kier alpha value is -3.41. The molecule has 2 aromatic heterocycles. The molecule has 4 aromatic rings. The number of nitrogens with one attached hydrogen (secondary N) is 1. The van der Waals surface area contributed by atoms with Gasteiger partial charge in [-0.3, -0.25) is 4.57 Å². The molecule has 26 heavy (non-hydrogen) atoms. The number of aryl methyl sites for hydroxylation is 1. The van der Waals surface area contributed by atoms with Crippen molar-refractivity contribution in [2.24, 2.45) is 0 Å². The summed E-state index contributed by atoms with van der Waals surface area (Å²) in [5, 5.41) is 3.35. The molecule has 1 atom stereocenters. The Morgan fingerprint density at radius 3 is 2.69 bits per heavy atom. The molecule has 0 aliphatic rings. The van der Waals surface area contributed by atoms with E-state index >= 15 is 0 Å². The first-order chi connectivity index (χ1) is 12.6. The van der Waals surface area contributed by atoms with Crippen LogP contribution in [0, 0.1) is 6.92 Å². The van der Waals surface area contributed by atoms with Gasteiger partial charge in [0.25, 0.3) is 0 Å². The van der Waals surface area contributed by atoms with Crippen molar-refractivity contribution in [1.82, 2.24) is 19.5 Å². The molecular weight excluding hydrogens is 324 g/mol. The van der Waals surface area contributed by atoms with E-state index in [1.807, 2.05) is 47.9 Å². The van der Waals surface area contributed by atoms with Gasteiger partial charge in [-0.25, -0.2) is 9.97 Å². The number of anilines is 2. The lowest BCUT2D eigenvalue weighted by Gasteiger charge is -2.14. The molecule has 0 amide bonds. The Labute approximate surface area is 151 Å². The fraction of sp³-hybridized carbons (Fsp3) is 0.150. The van der Waals surface area contributed by atoms with Crippen molar-refractivity contribution in [3.8, 4) is 5.82 Å².